The molecular weight excluding hydrogens is 422 g/mol. The Morgan fingerprint density at radius 2 is 1.16 bits per heavy atom. The summed E-state index contributed by atoms with van der Waals surface area (Å²) in [7, 11) is 0. The molecule has 0 radical (unpaired) electrons. The highest BCUT2D eigenvalue weighted by Crippen LogP contribution is 2.23. The molecule has 4 N–H and O–H groups in total. The van der Waals surface area contributed by atoms with E-state index in [1.807, 2.05) is 0 Å². The fraction of sp³-hybridized carbons (Fsp3) is 0.118. The van der Waals surface area contributed by atoms with Crippen molar-refractivity contribution in [2.45, 2.75) is 13.3 Å². The summed E-state index contributed by atoms with van der Waals surface area (Å²) in [5.74, 6) is -0.0530. The van der Waals surface area contributed by atoms with Gasteiger partial charge in [-0.2, -0.15) is 0 Å². The van der Waals surface area contributed by atoms with Crippen molar-refractivity contribution in [3.63, 3.8) is 0 Å². The zero-order valence-electron chi connectivity index (χ0n) is 16.2. The predicted octanol–water partition coefficient (Wildman–Crippen LogP) is -0.174. The summed E-state index contributed by atoms with van der Waals surface area (Å²) < 4.78 is 2.39. The third-order valence-electron chi connectivity index (χ3n) is 4.56. The Morgan fingerprint density at radius 3 is 1.72 bits per heavy atom. The van der Waals surface area contributed by atoms with Crippen LogP contribution in [-0.4, -0.2) is 75.0 Å². The van der Waals surface area contributed by atoms with Gasteiger partial charge in [0.1, 0.15) is 19.0 Å². The second kappa shape index (κ2) is 7.38. The van der Waals surface area contributed by atoms with E-state index >= 15 is 0 Å². The average molecular weight is 437 g/mol. The van der Waals surface area contributed by atoms with E-state index in [1.165, 1.54) is 49.2 Å². The maximum atomic E-state index is 9.75. The van der Waals surface area contributed by atoms with Crippen LogP contribution < -0.4 is 0 Å². The highest BCUT2D eigenvalue weighted by Gasteiger charge is 2.14. The Morgan fingerprint density at radius 1 is 0.656 bits per heavy atom. The first-order valence-corrected chi connectivity index (χ1v) is 9.15. The van der Waals surface area contributed by atoms with Crippen molar-refractivity contribution in [1.29, 1.82) is 0 Å². The fourth-order valence-corrected chi connectivity index (χ4v) is 2.95. The standard InChI is InChI=1S/C17H15N11O4/c29-12-1-2-13(30)25(12)8-27-21-16(19-23-27)10-5-6-18-11(7-10)17-20-24-28(22-17)9-26-14(31)3-4-15(26)32/h1-7,29-32H,8-9H2. The lowest BCUT2D eigenvalue weighted by Crippen LogP contribution is -2.10. The van der Waals surface area contributed by atoms with E-state index in [-0.39, 0.29) is 48.5 Å². The van der Waals surface area contributed by atoms with Gasteiger partial charge in [-0.25, -0.2) is 0 Å². The van der Waals surface area contributed by atoms with Gasteiger partial charge in [0.2, 0.25) is 11.6 Å². The number of rotatable bonds is 6. The van der Waals surface area contributed by atoms with E-state index in [1.54, 1.807) is 12.1 Å². The Balaban J connectivity index is 1.37. The number of aromatic nitrogens is 11. The van der Waals surface area contributed by atoms with Crippen LogP contribution in [0, 0.1) is 0 Å². The second-order valence-corrected chi connectivity index (χ2v) is 6.64. The molecule has 0 fully saturated rings. The number of pyridine rings is 1. The maximum absolute atomic E-state index is 9.75. The number of tetrazole rings is 2. The molecule has 0 aromatic carbocycles. The van der Waals surface area contributed by atoms with Crippen molar-refractivity contribution < 1.29 is 20.4 Å². The van der Waals surface area contributed by atoms with Gasteiger partial charge < -0.3 is 20.4 Å². The van der Waals surface area contributed by atoms with Crippen LogP contribution in [-0.2, 0) is 13.3 Å². The number of hydrogen-bond donors (Lipinski definition) is 4. The largest absolute Gasteiger partial charge is 0.494 e. The van der Waals surface area contributed by atoms with Crippen molar-refractivity contribution in [3.05, 3.63) is 42.6 Å². The molecule has 0 saturated heterocycles. The monoisotopic (exact) mass is 437 g/mol. The number of hydrogen-bond acceptors (Lipinski definition) is 11. The van der Waals surface area contributed by atoms with Crippen LogP contribution in [0.5, 0.6) is 23.5 Å². The molecule has 0 aliphatic carbocycles. The van der Waals surface area contributed by atoms with E-state index in [4.69, 9.17) is 0 Å². The van der Waals surface area contributed by atoms with Crippen molar-refractivity contribution in [2.24, 2.45) is 0 Å². The average Bonchev–Trinajstić information content (AvgIpc) is 3.58. The molecule has 0 aliphatic heterocycles. The molecule has 0 amide bonds. The van der Waals surface area contributed by atoms with E-state index < -0.39 is 0 Å². The minimum Gasteiger partial charge on any atom is -0.494 e. The van der Waals surface area contributed by atoms with Gasteiger partial charge in [-0.15, -0.1) is 30.0 Å². The topological polar surface area (TPSA) is 191 Å². The summed E-state index contributed by atoms with van der Waals surface area (Å²) >= 11 is 0. The van der Waals surface area contributed by atoms with Gasteiger partial charge in [0.15, 0.2) is 23.5 Å². The molecule has 32 heavy (non-hydrogen) atoms. The minimum absolute atomic E-state index is 0.0371. The van der Waals surface area contributed by atoms with Crippen LogP contribution in [0.15, 0.2) is 42.6 Å². The minimum atomic E-state index is -0.141. The molecule has 5 rings (SSSR count). The lowest BCUT2D eigenvalue weighted by atomic mass is 10.2. The molecule has 0 spiro atoms. The molecule has 0 atom stereocenters. The third kappa shape index (κ3) is 3.42. The molecule has 5 heterocycles. The first-order valence-electron chi connectivity index (χ1n) is 9.15. The van der Waals surface area contributed by atoms with Gasteiger partial charge in [-0.3, -0.25) is 14.1 Å². The summed E-state index contributed by atoms with van der Waals surface area (Å²) in [5.41, 5.74) is 0.978. The summed E-state index contributed by atoms with van der Waals surface area (Å²) in [5, 5.41) is 63.2. The molecule has 0 saturated carbocycles. The molecule has 0 unspecified atom stereocenters. The summed E-state index contributed by atoms with van der Waals surface area (Å²) in [4.78, 5) is 6.63. The number of nitrogens with zero attached hydrogens (tertiary/aromatic N) is 11. The molecule has 15 nitrogen and oxygen atoms in total. The van der Waals surface area contributed by atoms with Crippen LogP contribution in [0.25, 0.3) is 22.9 Å². The van der Waals surface area contributed by atoms with E-state index in [0.29, 0.717) is 11.3 Å². The zero-order valence-corrected chi connectivity index (χ0v) is 16.2. The van der Waals surface area contributed by atoms with Crippen LogP contribution in [0.2, 0.25) is 0 Å². The molecule has 0 bridgehead atoms. The van der Waals surface area contributed by atoms with Crippen LogP contribution in [0.4, 0.5) is 0 Å². The molecule has 162 valence electrons. The third-order valence-corrected chi connectivity index (χ3v) is 4.56. The lowest BCUT2D eigenvalue weighted by molar-refractivity contribution is 0.337. The van der Waals surface area contributed by atoms with E-state index in [9.17, 15) is 20.4 Å². The van der Waals surface area contributed by atoms with Crippen molar-refractivity contribution >= 4 is 0 Å². The van der Waals surface area contributed by atoms with Gasteiger partial charge in [0.25, 0.3) is 0 Å². The quantitative estimate of drug-likeness (QED) is 0.276. The van der Waals surface area contributed by atoms with Gasteiger partial charge in [0, 0.05) is 36.0 Å². The Kier molecular flexibility index (Phi) is 4.39. The van der Waals surface area contributed by atoms with Crippen molar-refractivity contribution in [3.8, 4) is 46.4 Å². The van der Waals surface area contributed by atoms with Crippen LogP contribution >= 0.6 is 0 Å². The van der Waals surface area contributed by atoms with E-state index in [2.05, 4.69) is 35.8 Å². The van der Waals surface area contributed by atoms with Gasteiger partial charge in [0.05, 0.1) is 0 Å². The Bertz CT molecular complexity index is 1260. The van der Waals surface area contributed by atoms with Crippen LogP contribution in [0.3, 0.4) is 0 Å². The first kappa shape index (κ1) is 19.0. The lowest BCUT2D eigenvalue weighted by Gasteiger charge is -2.04. The number of aromatic hydroxyl groups is 4. The smallest absolute Gasteiger partial charge is 0.223 e. The van der Waals surface area contributed by atoms with Crippen molar-refractivity contribution in [1.82, 2.24) is 54.5 Å². The van der Waals surface area contributed by atoms with Gasteiger partial charge in [-0.1, -0.05) is 0 Å². The Labute approximate surface area is 178 Å². The zero-order chi connectivity index (χ0) is 22.2. The van der Waals surface area contributed by atoms with E-state index in [0.717, 1.165) is 0 Å². The maximum Gasteiger partial charge on any atom is 0.223 e. The second-order valence-electron chi connectivity index (χ2n) is 6.64. The predicted molar refractivity (Wildman–Crippen MR) is 104 cm³/mol. The van der Waals surface area contributed by atoms with Gasteiger partial charge >= 0.3 is 0 Å². The summed E-state index contributed by atoms with van der Waals surface area (Å²) in [6, 6.07) is 8.71. The summed E-state index contributed by atoms with van der Waals surface area (Å²) in [6.45, 7) is -0.0864. The SMILES string of the molecule is Oc1ccc(O)n1Cn1nnc(-c2ccnc(-c3nnn(Cn4c(O)ccc4O)n3)c2)n1. The van der Waals surface area contributed by atoms with Crippen molar-refractivity contribution in [2.75, 3.05) is 0 Å². The first-order chi connectivity index (χ1) is 15.5. The Hall–Kier alpha value is -4.95. The highest BCUT2D eigenvalue weighted by molar-refractivity contribution is 5.61. The summed E-state index contributed by atoms with van der Waals surface area (Å²) in [6.07, 6.45) is 1.53. The normalized spacial score (nSPS) is 11.2. The highest BCUT2D eigenvalue weighted by atomic mass is 16.3. The molecule has 15 heteroatoms. The van der Waals surface area contributed by atoms with Gasteiger partial charge in [-0.05, 0) is 22.6 Å². The van der Waals surface area contributed by atoms with Crippen LogP contribution in [0.1, 0.15) is 0 Å². The molecule has 0 aliphatic rings. The molecule has 5 aromatic heterocycles. The molecular formula is C17H15N11O4. The fourth-order valence-electron chi connectivity index (χ4n) is 2.95. The molecule has 5 aromatic rings.